The molecule has 0 saturated carbocycles. The Balaban J connectivity index is 1.58. The number of piperidine rings is 1. The second-order valence-corrected chi connectivity index (χ2v) is 9.51. The summed E-state index contributed by atoms with van der Waals surface area (Å²) in [6, 6.07) is 8.08. The highest BCUT2D eigenvalue weighted by atomic mass is 19.2. The summed E-state index contributed by atoms with van der Waals surface area (Å²) in [4.78, 5) is 52.3. The summed E-state index contributed by atoms with van der Waals surface area (Å²) >= 11 is 0. The molecular formula is C29H32F3N3O6. The molecule has 2 aromatic carbocycles. The van der Waals surface area contributed by atoms with Crippen molar-refractivity contribution in [3.63, 3.8) is 0 Å². The summed E-state index contributed by atoms with van der Waals surface area (Å²) in [6.07, 6.45) is 1.40. The predicted octanol–water partition coefficient (Wildman–Crippen LogP) is 3.59. The van der Waals surface area contributed by atoms with Gasteiger partial charge in [0.25, 0.3) is 0 Å². The van der Waals surface area contributed by atoms with Crippen molar-refractivity contribution in [1.29, 1.82) is 0 Å². The van der Waals surface area contributed by atoms with Crippen LogP contribution in [0.4, 0.5) is 18.0 Å². The van der Waals surface area contributed by atoms with Crippen LogP contribution in [0.1, 0.15) is 30.4 Å². The number of carbonyl (C=O) groups is 4. The summed E-state index contributed by atoms with van der Waals surface area (Å²) in [7, 11) is 0. The van der Waals surface area contributed by atoms with Gasteiger partial charge in [-0.2, -0.15) is 4.39 Å². The Bertz CT molecular complexity index is 1240. The van der Waals surface area contributed by atoms with Crippen LogP contribution < -0.4 is 15.4 Å². The van der Waals surface area contributed by atoms with E-state index >= 15 is 0 Å². The zero-order valence-corrected chi connectivity index (χ0v) is 22.6. The van der Waals surface area contributed by atoms with Crippen LogP contribution in [0.25, 0.3) is 0 Å². The molecule has 0 unspecified atom stereocenters. The molecule has 1 aliphatic rings. The van der Waals surface area contributed by atoms with Crippen LogP contribution in [-0.4, -0.2) is 60.9 Å². The Morgan fingerprint density at radius 1 is 1.10 bits per heavy atom. The van der Waals surface area contributed by atoms with E-state index in [4.69, 9.17) is 9.47 Å². The number of ether oxygens (including phenoxy) is 2. The first-order valence-corrected chi connectivity index (χ1v) is 13.0. The summed E-state index contributed by atoms with van der Waals surface area (Å²) in [6.45, 7) is 4.54. The van der Waals surface area contributed by atoms with E-state index in [1.807, 2.05) is 30.3 Å². The molecule has 1 heterocycles. The number of benzene rings is 2. The highest BCUT2D eigenvalue weighted by Gasteiger charge is 2.32. The number of urea groups is 1. The first-order valence-electron chi connectivity index (χ1n) is 13.0. The molecule has 0 bridgehead atoms. The predicted molar refractivity (Wildman–Crippen MR) is 142 cm³/mol. The largest absolute Gasteiger partial charge is 0.482 e. The number of amides is 3. The first kappa shape index (κ1) is 31.2. The summed E-state index contributed by atoms with van der Waals surface area (Å²) in [5.74, 6) is -7.54. The van der Waals surface area contributed by atoms with Gasteiger partial charge in [0.15, 0.2) is 17.3 Å². The van der Waals surface area contributed by atoms with Gasteiger partial charge in [-0.3, -0.25) is 14.4 Å². The van der Waals surface area contributed by atoms with E-state index in [0.717, 1.165) is 12.5 Å². The molecule has 1 atom stereocenters. The number of nitrogens with zero attached hydrogens (tertiary/aromatic N) is 1. The lowest BCUT2D eigenvalue weighted by Crippen LogP contribution is -2.50. The third-order valence-electron chi connectivity index (χ3n) is 6.60. The lowest BCUT2D eigenvalue weighted by molar-refractivity contribution is -0.145. The van der Waals surface area contributed by atoms with Crippen LogP contribution in [0.15, 0.2) is 49.1 Å². The number of nitrogens with one attached hydrogen (secondary N) is 2. The lowest BCUT2D eigenvalue weighted by Gasteiger charge is -2.32. The number of likely N-dealkylation sites (tertiary alicyclic amines) is 1. The number of hydrogen-bond donors (Lipinski definition) is 2. The molecule has 0 aromatic heterocycles. The normalized spacial score (nSPS) is 14.1. The van der Waals surface area contributed by atoms with Crippen molar-refractivity contribution in [2.45, 2.75) is 38.8 Å². The van der Waals surface area contributed by atoms with Crippen molar-refractivity contribution >= 4 is 23.7 Å². The molecule has 1 aliphatic heterocycles. The van der Waals surface area contributed by atoms with Crippen molar-refractivity contribution in [2.24, 2.45) is 5.92 Å². The SMILES string of the molecule is C=CCOC(=O)C[C@H](NC(=O)C1CCN(C(=O)NCc2ccccc2)CC1)C(=O)COc1c(C)c(F)cc(F)c1F. The molecule has 1 saturated heterocycles. The molecule has 0 spiro atoms. The van der Waals surface area contributed by atoms with E-state index in [2.05, 4.69) is 17.2 Å². The van der Waals surface area contributed by atoms with Gasteiger partial charge >= 0.3 is 12.0 Å². The fourth-order valence-corrected chi connectivity index (χ4v) is 4.22. The van der Waals surface area contributed by atoms with E-state index in [0.29, 0.717) is 38.5 Å². The van der Waals surface area contributed by atoms with Gasteiger partial charge in [0.1, 0.15) is 25.1 Å². The standard InChI is InChI=1S/C29H32F3N3O6/c1-3-13-40-25(37)15-23(24(36)17-41-27-18(2)21(30)14-22(31)26(27)32)34-28(38)20-9-11-35(12-10-20)29(39)33-16-19-7-5-4-6-8-19/h3-8,14,20,23H,1,9-13,15-17H2,2H3,(H,33,39)(H,34,38)/t23-/m0/s1. The van der Waals surface area contributed by atoms with Crippen molar-refractivity contribution < 1.29 is 41.8 Å². The maximum absolute atomic E-state index is 14.2. The van der Waals surface area contributed by atoms with E-state index < -0.39 is 65.8 Å². The molecule has 3 rings (SSSR count). The lowest BCUT2D eigenvalue weighted by atomic mass is 9.95. The number of halogens is 3. The first-order chi connectivity index (χ1) is 19.6. The van der Waals surface area contributed by atoms with Crippen molar-refractivity contribution in [3.05, 3.63) is 77.6 Å². The number of ketones is 1. The highest BCUT2D eigenvalue weighted by molar-refractivity contribution is 5.93. The molecule has 3 amide bonds. The van der Waals surface area contributed by atoms with Crippen LogP contribution in [-0.2, 0) is 25.7 Å². The molecule has 9 nitrogen and oxygen atoms in total. The van der Waals surface area contributed by atoms with E-state index in [9.17, 15) is 32.3 Å². The Kier molecular flexibility index (Phi) is 11.3. The van der Waals surface area contributed by atoms with Gasteiger partial charge in [0.05, 0.1) is 6.42 Å². The van der Waals surface area contributed by atoms with Gasteiger partial charge in [0.2, 0.25) is 11.7 Å². The minimum Gasteiger partial charge on any atom is -0.482 e. The average Bonchev–Trinajstić information content (AvgIpc) is 2.97. The topological polar surface area (TPSA) is 114 Å². The Hall–Kier alpha value is -4.35. The second kappa shape index (κ2) is 14.9. The van der Waals surface area contributed by atoms with Gasteiger partial charge in [-0.05, 0) is 25.3 Å². The monoisotopic (exact) mass is 575 g/mol. The molecule has 41 heavy (non-hydrogen) atoms. The third kappa shape index (κ3) is 8.82. The molecule has 220 valence electrons. The van der Waals surface area contributed by atoms with E-state index in [1.54, 1.807) is 4.90 Å². The molecule has 0 radical (unpaired) electrons. The van der Waals surface area contributed by atoms with Gasteiger partial charge in [0, 0.05) is 37.2 Å². The highest BCUT2D eigenvalue weighted by Crippen LogP contribution is 2.27. The average molecular weight is 576 g/mol. The molecule has 2 aromatic rings. The molecular weight excluding hydrogens is 543 g/mol. The number of esters is 1. The molecule has 12 heteroatoms. The van der Waals surface area contributed by atoms with Crippen molar-refractivity contribution in [2.75, 3.05) is 26.3 Å². The van der Waals surface area contributed by atoms with Gasteiger partial charge in [-0.15, -0.1) is 0 Å². The zero-order valence-electron chi connectivity index (χ0n) is 22.6. The fourth-order valence-electron chi connectivity index (χ4n) is 4.22. The number of rotatable bonds is 12. The van der Waals surface area contributed by atoms with E-state index in [-0.39, 0.29) is 18.2 Å². The maximum Gasteiger partial charge on any atom is 0.317 e. The van der Waals surface area contributed by atoms with Gasteiger partial charge in [-0.1, -0.05) is 43.0 Å². The Morgan fingerprint density at radius 3 is 2.44 bits per heavy atom. The number of Topliss-reactive ketones (excluding diaryl/α,β-unsaturated/α-hetero) is 1. The van der Waals surface area contributed by atoms with Crippen LogP contribution in [0.2, 0.25) is 0 Å². The van der Waals surface area contributed by atoms with Crippen LogP contribution in [0.3, 0.4) is 0 Å². The Labute approximate surface area is 235 Å². The van der Waals surface area contributed by atoms with Crippen molar-refractivity contribution in [3.8, 4) is 5.75 Å². The number of hydrogen-bond acceptors (Lipinski definition) is 6. The van der Waals surface area contributed by atoms with E-state index in [1.165, 1.54) is 6.08 Å². The molecule has 1 fully saturated rings. The molecule has 2 N–H and O–H groups in total. The number of carbonyl (C=O) groups excluding carboxylic acids is 4. The van der Waals surface area contributed by atoms with Crippen LogP contribution >= 0.6 is 0 Å². The minimum absolute atomic E-state index is 0.123. The fraction of sp³-hybridized carbons (Fsp3) is 0.379. The van der Waals surface area contributed by atoms with Crippen LogP contribution in [0.5, 0.6) is 5.75 Å². The Morgan fingerprint density at radius 2 is 1.78 bits per heavy atom. The summed E-state index contributed by atoms with van der Waals surface area (Å²) in [5, 5.41) is 5.35. The second-order valence-electron chi connectivity index (χ2n) is 9.51. The van der Waals surface area contributed by atoms with Crippen molar-refractivity contribution in [1.82, 2.24) is 15.5 Å². The smallest absolute Gasteiger partial charge is 0.317 e. The summed E-state index contributed by atoms with van der Waals surface area (Å²) in [5.41, 5.74) is 0.601. The minimum atomic E-state index is -1.49. The summed E-state index contributed by atoms with van der Waals surface area (Å²) < 4.78 is 51.6. The third-order valence-corrected chi connectivity index (χ3v) is 6.60. The zero-order chi connectivity index (χ0) is 29.9. The molecule has 0 aliphatic carbocycles. The maximum atomic E-state index is 14.2. The van der Waals surface area contributed by atoms with Crippen LogP contribution in [0, 0.1) is 30.3 Å². The van der Waals surface area contributed by atoms with Gasteiger partial charge < -0.3 is 25.0 Å². The quantitative estimate of drug-likeness (QED) is 0.227. The van der Waals surface area contributed by atoms with Gasteiger partial charge in [-0.25, -0.2) is 13.6 Å².